The summed E-state index contributed by atoms with van der Waals surface area (Å²) in [4.78, 5) is 40.2. The molecule has 7 heteroatoms. The Morgan fingerprint density at radius 3 is 2.20 bits per heavy atom. The van der Waals surface area contributed by atoms with Crippen LogP contribution >= 0.6 is 0 Å². The average molecular weight is 409 g/mol. The lowest BCUT2D eigenvalue weighted by molar-refractivity contribution is -0.138. The van der Waals surface area contributed by atoms with Crippen molar-refractivity contribution in [1.29, 1.82) is 0 Å². The van der Waals surface area contributed by atoms with Gasteiger partial charge in [-0.3, -0.25) is 14.4 Å². The number of ether oxygens (including phenoxy) is 1. The van der Waals surface area contributed by atoms with E-state index >= 15 is 0 Å². The van der Waals surface area contributed by atoms with Crippen LogP contribution in [0.4, 0.5) is 5.69 Å². The van der Waals surface area contributed by atoms with E-state index in [0.717, 1.165) is 0 Å². The van der Waals surface area contributed by atoms with E-state index in [1.54, 1.807) is 53.4 Å². The highest BCUT2D eigenvalue weighted by atomic mass is 16.5. The number of amides is 3. The van der Waals surface area contributed by atoms with Gasteiger partial charge in [0, 0.05) is 18.7 Å². The van der Waals surface area contributed by atoms with Crippen molar-refractivity contribution < 1.29 is 19.1 Å². The summed E-state index contributed by atoms with van der Waals surface area (Å²) < 4.78 is 5.31. The largest absolute Gasteiger partial charge is 0.378 e. The number of para-hydroxylation sites is 1. The van der Waals surface area contributed by atoms with Crippen LogP contribution in [0.5, 0.6) is 0 Å². The molecule has 1 saturated heterocycles. The van der Waals surface area contributed by atoms with E-state index in [1.165, 1.54) is 0 Å². The number of rotatable bonds is 6. The van der Waals surface area contributed by atoms with Gasteiger partial charge in [0.05, 0.1) is 24.5 Å². The van der Waals surface area contributed by atoms with E-state index in [9.17, 15) is 14.4 Å². The first-order valence-corrected chi connectivity index (χ1v) is 10.1. The van der Waals surface area contributed by atoms with Crippen LogP contribution in [-0.4, -0.2) is 55.0 Å². The maximum Gasteiger partial charge on any atom is 0.255 e. The molecule has 3 amide bonds. The van der Waals surface area contributed by atoms with Gasteiger partial charge in [-0.05, 0) is 30.2 Å². The Morgan fingerprint density at radius 1 is 0.900 bits per heavy atom. The molecule has 1 fully saturated rings. The van der Waals surface area contributed by atoms with Crippen molar-refractivity contribution in [3.63, 3.8) is 0 Å². The van der Waals surface area contributed by atoms with Crippen molar-refractivity contribution in [2.24, 2.45) is 5.92 Å². The number of benzene rings is 2. The Labute approximate surface area is 176 Å². The normalized spacial score (nSPS) is 14.8. The van der Waals surface area contributed by atoms with Crippen LogP contribution in [0.15, 0.2) is 54.6 Å². The minimum absolute atomic E-state index is 0.0876. The molecule has 30 heavy (non-hydrogen) atoms. The number of anilines is 1. The van der Waals surface area contributed by atoms with Gasteiger partial charge in [0.2, 0.25) is 5.91 Å². The molecular weight excluding hydrogens is 382 g/mol. The zero-order chi connectivity index (χ0) is 21.5. The Hall–Kier alpha value is -3.19. The monoisotopic (exact) mass is 409 g/mol. The van der Waals surface area contributed by atoms with Gasteiger partial charge in [-0.15, -0.1) is 0 Å². The zero-order valence-corrected chi connectivity index (χ0v) is 17.3. The molecule has 0 aliphatic carbocycles. The van der Waals surface area contributed by atoms with Gasteiger partial charge < -0.3 is 20.3 Å². The van der Waals surface area contributed by atoms with Crippen LogP contribution in [0.3, 0.4) is 0 Å². The molecule has 0 spiro atoms. The minimum Gasteiger partial charge on any atom is -0.378 e. The van der Waals surface area contributed by atoms with Gasteiger partial charge in [0.1, 0.15) is 6.04 Å². The molecule has 2 aromatic rings. The Bertz CT molecular complexity index is 892. The molecule has 1 heterocycles. The third-order valence-electron chi connectivity index (χ3n) is 5.00. The highest BCUT2D eigenvalue weighted by Gasteiger charge is 2.30. The van der Waals surface area contributed by atoms with Crippen LogP contribution in [0.1, 0.15) is 34.6 Å². The molecule has 158 valence electrons. The van der Waals surface area contributed by atoms with Crippen molar-refractivity contribution >= 4 is 23.4 Å². The third-order valence-corrected chi connectivity index (χ3v) is 5.00. The maximum absolute atomic E-state index is 13.0. The van der Waals surface area contributed by atoms with Gasteiger partial charge in [-0.25, -0.2) is 0 Å². The van der Waals surface area contributed by atoms with Crippen LogP contribution in [-0.2, 0) is 9.53 Å². The van der Waals surface area contributed by atoms with E-state index in [4.69, 9.17) is 4.74 Å². The Morgan fingerprint density at radius 2 is 1.53 bits per heavy atom. The molecule has 1 unspecified atom stereocenters. The molecule has 7 nitrogen and oxygen atoms in total. The number of morpholine rings is 1. The molecule has 0 radical (unpaired) electrons. The lowest BCUT2D eigenvalue weighted by atomic mass is 10.0. The minimum atomic E-state index is -0.659. The lowest BCUT2D eigenvalue weighted by Gasteiger charge is -2.32. The van der Waals surface area contributed by atoms with Crippen molar-refractivity contribution in [2.45, 2.75) is 19.9 Å². The van der Waals surface area contributed by atoms with Crippen LogP contribution in [0.25, 0.3) is 0 Å². The SMILES string of the molecule is CC(C)C(NC(=O)c1ccccc1NC(=O)c1ccccc1)C(=O)N1CCOCC1. The predicted octanol–water partition coefficient (Wildman–Crippen LogP) is 2.55. The number of nitrogens with zero attached hydrogens (tertiary/aromatic N) is 1. The van der Waals surface area contributed by atoms with E-state index in [2.05, 4.69) is 10.6 Å². The molecule has 3 rings (SSSR count). The Kier molecular flexibility index (Phi) is 7.19. The van der Waals surface area contributed by atoms with Crippen molar-refractivity contribution in [1.82, 2.24) is 10.2 Å². The summed E-state index contributed by atoms with van der Waals surface area (Å²) in [5.74, 6) is -0.914. The summed E-state index contributed by atoms with van der Waals surface area (Å²) in [5, 5.41) is 5.65. The lowest BCUT2D eigenvalue weighted by Crippen LogP contribution is -2.53. The quantitative estimate of drug-likeness (QED) is 0.768. The highest BCUT2D eigenvalue weighted by Crippen LogP contribution is 2.18. The molecular formula is C23H27N3O4. The summed E-state index contributed by atoms with van der Waals surface area (Å²) in [6.45, 7) is 5.82. The summed E-state index contributed by atoms with van der Waals surface area (Å²) >= 11 is 0. The first kappa shape index (κ1) is 21.5. The topological polar surface area (TPSA) is 87.7 Å². The molecule has 0 saturated carbocycles. The van der Waals surface area contributed by atoms with E-state index in [-0.39, 0.29) is 17.7 Å². The summed E-state index contributed by atoms with van der Waals surface area (Å²) in [6, 6.07) is 14.9. The number of carbonyl (C=O) groups excluding carboxylic acids is 3. The predicted molar refractivity (Wildman–Crippen MR) is 114 cm³/mol. The van der Waals surface area contributed by atoms with E-state index < -0.39 is 11.9 Å². The van der Waals surface area contributed by atoms with Crippen LogP contribution in [0, 0.1) is 5.92 Å². The number of nitrogens with one attached hydrogen (secondary N) is 2. The maximum atomic E-state index is 13.0. The summed E-state index contributed by atoms with van der Waals surface area (Å²) in [6.07, 6.45) is 0. The highest BCUT2D eigenvalue weighted by molar-refractivity contribution is 6.09. The smallest absolute Gasteiger partial charge is 0.255 e. The first-order valence-electron chi connectivity index (χ1n) is 10.1. The summed E-state index contributed by atoms with van der Waals surface area (Å²) in [7, 11) is 0. The Balaban J connectivity index is 1.75. The van der Waals surface area contributed by atoms with Gasteiger partial charge in [0.15, 0.2) is 0 Å². The number of carbonyl (C=O) groups is 3. The van der Waals surface area contributed by atoms with Crippen LogP contribution in [0.2, 0.25) is 0 Å². The van der Waals surface area contributed by atoms with E-state index in [0.29, 0.717) is 43.1 Å². The van der Waals surface area contributed by atoms with Crippen molar-refractivity contribution in [2.75, 3.05) is 31.6 Å². The van der Waals surface area contributed by atoms with Gasteiger partial charge in [-0.2, -0.15) is 0 Å². The number of hydrogen-bond donors (Lipinski definition) is 2. The fourth-order valence-corrected chi connectivity index (χ4v) is 3.29. The van der Waals surface area contributed by atoms with Gasteiger partial charge >= 0.3 is 0 Å². The second-order valence-corrected chi connectivity index (χ2v) is 7.50. The first-order chi connectivity index (χ1) is 14.5. The molecule has 2 N–H and O–H groups in total. The molecule has 1 aliphatic rings. The van der Waals surface area contributed by atoms with Crippen molar-refractivity contribution in [3.8, 4) is 0 Å². The zero-order valence-electron chi connectivity index (χ0n) is 17.3. The molecule has 0 aromatic heterocycles. The number of hydrogen-bond acceptors (Lipinski definition) is 4. The fraction of sp³-hybridized carbons (Fsp3) is 0.348. The van der Waals surface area contributed by atoms with Gasteiger partial charge in [0.25, 0.3) is 11.8 Å². The second kappa shape index (κ2) is 10.0. The van der Waals surface area contributed by atoms with E-state index in [1.807, 2.05) is 19.9 Å². The second-order valence-electron chi connectivity index (χ2n) is 7.50. The van der Waals surface area contributed by atoms with Crippen molar-refractivity contribution in [3.05, 3.63) is 65.7 Å². The third kappa shape index (κ3) is 5.24. The average Bonchev–Trinajstić information content (AvgIpc) is 2.78. The standard InChI is InChI=1S/C23H27N3O4/c1-16(2)20(23(29)26-12-14-30-15-13-26)25-22(28)18-10-6-7-11-19(18)24-21(27)17-8-4-3-5-9-17/h3-11,16,20H,12-15H2,1-2H3,(H,24,27)(H,25,28). The molecule has 1 atom stereocenters. The fourth-order valence-electron chi connectivity index (χ4n) is 3.29. The molecule has 2 aromatic carbocycles. The van der Waals surface area contributed by atoms with Gasteiger partial charge in [-0.1, -0.05) is 44.2 Å². The molecule has 0 bridgehead atoms. The molecule has 1 aliphatic heterocycles. The van der Waals surface area contributed by atoms with Crippen LogP contribution < -0.4 is 10.6 Å². The summed E-state index contributed by atoms with van der Waals surface area (Å²) in [5.41, 5.74) is 1.20.